The normalized spacial score (nSPS) is 12.4. The van der Waals surface area contributed by atoms with Gasteiger partial charge in [0.25, 0.3) is 0 Å². The first-order valence-electron chi connectivity index (χ1n) is 3.19. The lowest BCUT2D eigenvalue weighted by atomic mass is 10.3. The first-order chi connectivity index (χ1) is 4.63. The molecule has 0 unspecified atom stereocenters. The van der Waals surface area contributed by atoms with Gasteiger partial charge in [0.2, 0.25) is 0 Å². The smallest absolute Gasteiger partial charge is 0.118 e. The number of halogens is 1. The van der Waals surface area contributed by atoms with Gasteiger partial charge in [0.15, 0.2) is 0 Å². The minimum absolute atomic E-state index is 0.382. The highest BCUT2D eigenvalue weighted by molar-refractivity contribution is 5.04. The van der Waals surface area contributed by atoms with Gasteiger partial charge in [-0.25, -0.2) is 5.12 Å². The highest BCUT2D eigenvalue weighted by Crippen LogP contribution is 2.06. The molecule has 0 aromatic carbocycles. The maximum atomic E-state index is 12.5. The van der Waals surface area contributed by atoms with Crippen molar-refractivity contribution in [3.05, 3.63) is 11.5 Å². The van der Waals surface area contributed by atoms with Crippen LogP contribution in [0.2, 0.25) is 0 Å². The van der Waals surface area contributed by atoms with E-state index in [-0.39, 0.29) is 0 Å². The molecule has 3 N–H and O–H groups in total. The van der Waals surface area contributed by atoms with Crippen LogP contribution in [-0.4, -0.2) is 19.2 Å². The van der Waals surface area contributed by atoms with Gasteiger partial charge in [-0.15, -0.1) is 4.48 Å². The fourth-order valence-corrected chi connectivity index (χ4v) is 0.719. The van der Waals surface area contributed by atoms with Gasteiger partial charge < -0.3 is 11.1 Å². The Kier molecular flexibility index (Phi) is 3.61. The highest BCUT2D eigenvalue weighted by Gasteiger charge is 2.03. The van der Waals surface area contributed by atoms with Gasteiger partial charge in [-0.3, -0.25) is 0 Å². The van der Waals surface area contributed by atoms with Crippen LogP contribution < -0.4 is 11.1 Å². The van der Waals surface area contributed by atoms with Gasteiger partial charge in [0.1, 0.15) is 5.82 Å². The molecule has 0 radical (unpaired) electrons. The second-order valence-corrected chi connectivity index (χ2v) is 1.94. The van der Waals surface area contributed by atoms with Crippen LogP contribution in [0.25, 0.3) is 0 Å². The molecule has 0 heterocycles. The quantitative estimate of drug-likeness (QED) is 0.573. The Balaban J connectivity index is 4.29. The van der Waals surface area contributed by atoms with Crippen LogP contribution in [-0.2, 0) is 0 Å². The number of nitrogens with one attached hydrogen (secondary N) is 1. The third-order valence-electron chi connectivity index (χ3n) is 1.29. The summed E-state index contributed by atoms with van der Waals surface area (Å²) in [5.41, 5.74) is 5.89. The summed E-state index contributed by atoms with van der Waals surface area (Å²) in [5, 5.41) is 3.19. The largest absolute Gasteiger partial charge is 0.384 e. The first kappa shape index (κ1) is 9.07. The van der Waals surface area contributed by atoms with Gasteiger partial charge >= 0.3 is 0 Å². The van der Waals surface area contributed by atoms with E-state index in [0.29, 0.717) is 23.1 Å². The topological polar surface area (TPSA) is 41.3 Å². The van der Waals surface area contributed by atoms with Gasteiger partial charge in [-0.2, -0.15) is 0 Å². The Morgan fingerprint density at radius 1 is 1.70 bits per heavy atom. The van der Waals surface area contributed by atoms with Crippen LogP contribution in [0.15, 0.2) is 11.5 Å². The maximum Gasteiger partial charge on any atom is 0.118 e. The molecule has 0 bridgehead atoms. The molecule has 0 saturated carbocycles. The SMILES string of the molecule is CC/C(=C(\N)NC)N(C)F. The summed E-state index contributed by atoms with van der Waals surface area (Å²) in [7, 11) is 2.98. The fourth-order valence-electron chi connectivity index (χ4n) is 0.719. The number of nitrogens with zero attached hydrogens (tertiary/aromatic N) is 1. The van der Waals surface area contributed by atoms with Crippen molar-refractivity contribution in [1.29, 1.82) is 0 Å². The number of allylic oxidation sites excluding steroid dienone is 1. The summed E-state index contributed by atoms with van der Waals surface area (Å²) in [6.07, 6.45) is 0.583. The fraction of sp³-hybridized carbons (Fsp3) is 0.667. The molecule has 60 valence electrons. The number of rotatable bonds is 3. The molecule has 0 aliphatic rings. The Bertz CT molecular complexity index is 131. The lowest BCUT2D eigenvalue weighted by molar-refractivity contribution is 0.100. The zero-order chi connectivity index (χ0) is 8.15. The van der Waals surface area contributed by atoms with E-state index in [4.69, 9.17) is 5.73 Å². The van der Waals surface area contributed by atoms with Gasteiger partial charge in [0.05, 0.1) is 5.70 Å². The molecule has 0 spiro atoms. The number of hydrogen-bond acceptors (Lipinski definition) is 3. The molecule has 0 aliphatic heterocycles. The summed E-state index contributed by atoms with van der Waals surface area (Å²) in [6.45, 7) is 1.84. The molecule has 0 fully saturated rings. The minimum Gasteiger partial charge on any atom is -0.384 e. The van der Waals surface area contributed by atoms with Crippen molar-refractivity contribution in [2.24, 2.45) is 5.73 Å². The van der Waals surface area contributed by atoms with E-state index in [2.05, 4.69) is 5.32 Å². The predicted molar refractivity (Wildman–Crippen MR) is 39.4 cm³/mol. The zero-order valence-corrected chi connectivity index (χ0v) is 6.61. The summed E-state index contributed by atoms with van der Waals surface area (Å²) in [4.78, 5) is 0. The summed E-state index contributed by atoms with van der Waals surface area (Å²) < 4.78 is 12.5. The van der Waals surface area contributed by atoms with E-state index in [0.717, 1.165) is 0 Å². The van der Waals surface area contributed by atoms with Gasteiger partial charge in [-0.05, 0) is 6.42 Å². The van der Waals surface area contributed by atoms with Crippen molar-refractivity contribution in [1.82, 2.24) is 10.4 Å². The van der Waals surface area contributed by atoms with E-state index < -0.39 is 0 Å². The highest BCUT2D eigenvalue weighted by atomic mass is 19.2. The summed E-state index contributed by atoms with van der Waals surface area (Å²) in [5.74, 6) is 0.382. The lowest BCUT2D eigenvalue weighted by Gasteiger charge is -2.13. The molecule has 0 amide bonds. The molecule has 3 nitrogen and oxygen atoms in total. The third kappa shape index (κ3) is 2.13. The first-order valence-corrected chi connectivity index (χ1v) is 3.19. The van der Waals surface area contributed by atoms with E-state index in [1.807, 2.05) is 6.92 Å². The summed E-state index contributed by atoms with van der Waals surface area (Å²) >= 11 is 0. The van der Waals surface area contributed by atoms with Crippen molar-refractivity contribution in [3.63, 3.8) is 0 Å². The van der Waals surface area contributed by atoms with Crippen molar-refractivity contribution >= 4 is 0 Å². The molecular weight excluding hydrogens is 133 g/mol. The molecular formula is C6H14FN3. The van der Waals surface area contributed by atoms with Crippen molar-refractivity contribution in [2.75, 3.05) is 14.1 Å². The average molecular weight is 147 g/mol. The monoisotopic (exact) mass is 147 g/mol. The second kappa shape index (κ2) is 3.98. The Hall–Kier alpha value is -0.930. The standard InChI is InChI=1S/C6H14FN3/c1-4-5(10(3)7)6(8)9-2/h9H,4,8H2,1-3H3/b6-5-. The van der Waals surface area contributed by atoms with Crippen LogP contribution in [0.4, 0.5) is 4.48 Å². The van der Waals surface area contributed by atoms with Crippen molar-refractivity contribution < 1.29 is 4.48 Å². The van der Waals surface area contributed by atoms with E-state index in [1.54, 1.807) is 7.05 Å². The molecule has 0 saturated heterocycles. The van der Waals surface area contributed by atoms with Crippen LogP contribution in [0, 0.1) is 0 Å². The average Bonchev–Trinajstić information content (AvgIpc) is 1.88. The molecule has 0 atom stereocenters. The molecule has 0 aliphatic carbocycles. The van der Waals surface area contributed by atoms with E-state index >= 15 is 0 Å². The summed E-state index contributed by atoms with van der Waals surface area (Å²) in [6, 6.07) is 0. The van der Waals surface area contributed by atoms with Crippen LogP contribution in [0.5, 0.6) is 0 Å². The molecule has 10 heavy (non-hydrogen) atoms. The van der Waals surface area contributed by atoms with Gasteiger partial charge in [0, 0.05) is 14.1 Å². The number of nitrogens with two attached hydrogens (primary N) is 1. The molecule has 0 aromatic rings. The van der Waals surface area contributed by atoms with Crippen LogP contribution >= 0.6 is 0 Å². The molecule has 0 rings (SSSR count). The van der Waals surface area contributed by atoms with Crippen molar-refractivity contribution in [2.45, 2.75) is 13.3 Å². The van der Waals surface area contributed by atoms with Crippen molar-refractivity contribution in [3.8, 4) is 0 Å². The maximum absolute atomic E-state index is 12.5. The van der Waals surface area contributed by atoms with Gasteiger partial charge in [-0.1, -0.05) is 6.92 Å². The Morgan fingerprint density at radius 3 is 2.30 bits per heavy atom. The molecule has 0 aromatic heterocycles. The minimum atomic E-state index is 0.382. The van der Waals surface area contributed by atoms with E-state index in [1.165, 1.54) is 7.05 Å². The molecule has 4 heteroatoms. The lowest BCUT2D eigenvalue weighted by Crippen LogP contribution is -2.22. The predicted octanol–water partition coefficient (Wildman–Crippen LogP) is 0.560. The third-order valence-corrected chi connectivity index (χ3v) is 1.29. The van der Waals surface area contributed by atoms with Crippen LogP contribution in [0.1, 0.15) is 13.3 Å². The van der Waals surface area contributed by atoms with Crippen LogP contribution in [0.3, 0.4) is 0 Å². The van der Waals surface area contributed by atoms with E-state index in [9.17, 15) is 4.48 Å². The second-order valence-electron chi connectivity index (χ2n) is 1.94. The Labute approximate surface area is 60.6 Å². The Morgan fingerprint density at radius 2 is 2.20 bits per heavy atom. The zero-order valence-electron chi connectivity index (χ0n) is 6.61. The number of hydrogen-bond donors (Lipinski definition) is 2.